The van der Waals surface area contributed by atoms with Gasteiger partial charge in [0.05, 0.1) is 5.92 Å². The molecule has 0 unspecified atom stereocenters. The van der Waals surface area contributed by atoms with Gasteiger partial charge in [-0.05, 0) is 33.6 Å². The van der Waals surface area contributed by atoms with Crippen molar-refractivity contribution in [2.75, 3.05) is 0 Å². The quantitative estimate of drug-likeness (QED) is 0.607. The molecule has 2 nitrogen and oxygen atoms in total. The van der Waals surface area contributed by atoms with E-state index < -0.39 is 0 Å². The molecule has 0 heterocycles. The SMILES string of the molecule is CC(C)(C)OC(=O)C1CCCCCCCCCCC1. The van der Waals surface area contributed by atoms with Crippen LogP contribution in [0.4, 0.5) is 0 Å². The normalized spacial score (nSPS) is 21.2. The molecule has 0 N–H and O–H groups in total. The van der Waals surface area contributed by atoms with Gasteiger partial charge in [0.25, 0.3) is 0 Å². The molecule has 0 saturated heterocycles. The highest BCUT2D eigenvalue weighted by atomic mass is 16.6. The summed E-state index contributed by atoms with van der Waals surface area (Å²) in [6.45, 7) is 5.88. The van der Waals surface area contributed by atoms with E-state index in [4.69, 9.17) is 4.74 Å². The lowest BCUT2D eigenvalue weighted by molar-refractivity contribution is -0.160. The molecule has 0 aromatic carbocycles. The maximum Gasteiger partial charge on any atom is 0.309 e. The van der Waals surface area contributed by atoms with Gasteiger partial charge in [-0.2, -0.15) is 0 Å². The fourth-order valence-corrected chi connectivity index (χ4v) is 2.78. The molecule has 0 radical (unpaired) electrons. The second-order valence-corrected chi connectivity index (χ2v) is 6.99. The molecular weight excluding hydrogens is 236 g/mol. The minimum absolute atomic E-state index is 0.0320. The number of hydrogen-bond acceptors (Lipinski definition) is 2. The van der Waals surface area contributed by atoms with E-state index >= 15 is 0 Å². The molecule has 0 spiro atoms. The zero-order valence-corrected chi connectivity index (χ0v) is 13.2. The Kier molecular flexibility index (Phi) is 7.48. The summed E-state index contributed by atoms with van der Waals surface area (Å²) in [5.41, 5.74) is -0.346. The van der Waals surface area contributed by atoms with Crippen LogP contribution in [0, 0.1) is 5.92 Å². The number of carbonyl (C=O) groups is 1. The number of rotatable bonds is 1. The largest absolute Gasteiger partial charge is 0.460 e. The summed E-state index contributed by atoms with van der Waals surface area (Å²) in [6.07, 6.45) is 13.8. The molecule has 0 aromatic heterocycles. The van der Waals surface area contributed by atoms with Crippen molar-refractivity contribution in [3.8, 4) is 0 Å². The highest BCUT2D eigenvalue weighted by Crippen LogP contribution is 2.23. The third kappa shape index (κ3) is 8.28. The first-order valence-corrected chi connectivity index (χ1v) is 8.22. The lowest BCUT2D eigenvalue weighted by Crippen LogP contribution is -2.28. The summed E-state index contributed by atoms with van der Waals surface area (Å²) >= 11 is 0. The fourth-order valence-electron chi connectivity index (χ4n) is 2.78. The summed E-state index contributed by atoms with van der Waals surface area (Å²) in [5, 5.41) is 0. The first-order valence-electron chi connectivity index (χ1n) is 8.22. The van der Waals surface area contributed by atoms with Crippen LogP contribution in [-0.4, -0.2) is 11.6 Å². The Balaban J connectivity index is 2.44. The average Bonchev–Trinajstić information content (AvgIpc) is 2.27. The van der Waals surface area contributed by atoms with Crippen molar-refractivity contribution in [1.82, 2.24) is 0 Å². The molecular formula is C17H32O2. The Labute approximate surface area is 119 Å². The van der Waals surface area contributed by atoms with E-state index in [1.54, 1.807) is 0 Å². The number of ether oxygens (including phenoxy) is 1. The van der Waals surface area contributed by atoms with Crippen LogP contribution in [0.25, 0.3) is 0 Å². The Morgan fingerprint density at radius 2 is 1.16 bits per heavy atom. The van der Waals surface area contributed by atoms with Crippen LogP contribution in [0.5, 0.6) is 0 Å². The Hall–Kier alpha value is -0.530. The molecule has 1 rings (SSSR count). The maximum atomic E-state index is 12.2. The molecule has 0 aromatic rings. The van der Waals surface area contributed by atoms with Gasteiger partial charge in [-0.25, -0.2) is 0 Å². The van der Waals surface area contributed by atoms with Crippen LogP contribution < -0.4 is 0 Å². The topological polar surface area (TPSA) is 26.3 Å². The molecule has 1 saturated carbocycles. The highest BCUT2D eigenvalue weighted by molar-refractivity contribution is 5.72. The second kappa shape index (κ2) is 8.60. The highest BCUT2D eigenvalue weighted by Gasteiger charge is 2.24. The van der Waals surface area contributed by atoms with E-state index in [2.05, 4.69) is 0 Å². The van der Waals surface area contributed by atoms with Crippen LogP contribution in [-0.2, 0) is 9.53 Å². The standard InChI is InChI=1S/C17H32O2/c1-17(2,3)19-16(18)15-13-11-9-7-5-4-6-8-10-12-14-15/h15H,4-14H2,1-3H3. The fraction of sp³-hybridized carbons (Fsp3) is 0.941. The molecule has 19 heavy (non-hydrogen) atoms. The van der Waals surface area contributed by atoms with Crippen molar-refractivity contribution >= 4 is 5.97 Å². The smallest absolute Gasteiger partial charge is 0.309 e. The zero-order valence-electron chi connectivity index (χ0n) is 13.2. The van der Waals surface area contributed by atoms with Crippen LogP contribution >= 0.6 is 0 Å². The van der Waals surface area contributed by atoms with E-state index in [1.807, 2.05) is 20.8 Å². The van der Waals surface area contributed by atoms with Gasteiger partial charge in [0.2, 0.25) is 0 Å². The minimum atomic E-state index is -0.346. The second-order valence-electron chi connectivity index (χ2n) is 6.99. The Morgan fingerprint density at radius 1 is 0.789 bits per heavy atom. The molecule has 0 aliphatic heterocycles. The van der Waals surface area contributed by atoms with Crippen LogP contribution in [0.3, 0.4) is 0 Å². The first kappa shape index (κ1) is 16.5. The summed E-state index contributed by atoms with van der Waals surface area (Å²) in [6, 6.07) is 0. The molecule has 0 amide bonds. The van der Waals surface area contributed by atoms with Crippen molar-refractivity contribution in [3.63, 3.8) is 0 Å². The van der Waals surface area contributed by atoms with Crippen LogP contribution in [0.1, 0.15) is 91.4 Å². The van der Waals surface area contributed by atoms with Crippen LogP contribution in [0.15, 0.2) is 0 Å². The predicted octanol–water partition coefficient (Wildman–Crippen LogP) is 5.25. The summed E-state index contributed by atoms with van der Waals surface area (Å²) in [7, 11) is 0. The monoisotopic (exact) mass is 268 g/mol. The number of hydrogen-bond donors (Lipinski definition) is 0. The molecule has 0 atom stereocenters. The van der Waals surface area contributed by atoms with Gasteiger partial charge in [0, 0.05) is 0 Å². The average molecular weight is 268 g/mol. The van der Waals surface area contributed by atoms with Gasteiger partial charge in [0.15, 0.2) is 0 Å². The predicted molar refractivity (Wildman–Crippen MR) is 80.1 cm³/mol. The van der Waals surface area contributed by atoms with E-state index in [0.29, 0.717) is 0 Å². The van der Waals surface area contributed by atoms with Gasteiger partial charge >= 0.3 is 5.97 Å². The zero-order chi connectivity index (χ0) is 14.1. The molecule has 0 bridgehead atoms. The molecule has 1 aliphatic carbocycles. The third-order valence-corrected chi connectivity index (χ3v) is 3.85. The first-order chi connectivity index (χ1) is 8.99. The third-order valence-electron chi connectivity index (χ3n) is 3.85. The van der Waals surface area contributed by atoms with Crippen molar-refractivity contribution in [1.29, 1.82) is 0 Å². The van der Waals surface area contributed by atoms with Crippen molar-refractivity contribution in [2.45, 2.75) is 97.0 Å². The lowest BCUT2D eigenvalue weighted by atomic mass is 9.93. The van der Waals surface area contributed by atoms with Crippen LogP contribution in [0.2, 0.25) is 0 Å². The Bertz CT molecular complexity index is 240. The molecule has 112 valence electrons. The summed E-state index contributed by atoms with van der Waals surface area (Å²) in [5.74, 6) is 0.170. The van der Waals surface area contributed by atoms with Gasteiger partial charge < -0.3 is 4.74 Å². The molecule has 2 heteroatoms. The van der Waals surface area contributed by atoms with Crippen molar-refractivity contribution in [2.24, 2.45) is 5.92 Å². The number of carbonyl (C=O) groups excluding carboxylic acids is 1. The summed E-state index contributed by atoms with van der Waals surface area (Å²) < 4.78 is 5.56. The van der Waals surface area contributed by atoms with Gasteiger partial charge in [0.1, 0.15) is 5.60 Å². The van der Waals surface area contributed by atoms with Gasteiger partial charge in [-0.1, -0.05) is 57.8 Å². The van der Waals surface area contributed by atoms with Crippen molar-refractivity contribution < 1.29 is 9.53 Å². The minimum Gasteiger partial charge on any atom is -0.460 e. The van der Waals surface area contributed by atoms with E-state index in [1.165, 1.54) is 57.8 Å². The van der Waals surface area contributed by atoms with Gasteiger partial charge in [-0.15, -0.1) is 0 Å². The van der Waals surface area contributed by atoms with E-state index in [0.717, 1.165) is 12.8 Å². The van der Waals surface area contributed by atoms with E-state index in [9.17, 15) is 4.79 Å². The van der Waals surface area contributed by atoms with Gasteiger partial charge in [-0.3, -0.25) is 4.79 Å². The Morgan fingerprint density at radius 3 is 1.53 bits per heavy atom. The number of esters is 1. The molecule has 1 fully saturated rings. The van der Waals surface area contributed by atoms with Crippen molar-refractivity contribution in [3.05, 3.63) is 0 Å². The van der Waals surface area contributed by atoms with E-state index in [-0.39, 0.29) is 17.5 Å². The summed E-state index contributed by atoms with van der Waals surface area (Å²) in [4.78, 5) is 12.2. The maximum absolute atomic E-state index is 12.2. The molecule has 1 aliphatic rings. The lowest BCUT2D eigenvalue weighted by Gasteiger charge is -2.24.